The van der Waals surface area contributed by atoms with Gasteiger partial charge in [0, 0.05) is 5.02 Å². The minimum atomic E-state index is -3.03. The topological polar surface area (TPSA) is 60.4 Å². The molecule has 1 aromatic carbocycles. The van der Waals surface area contributed by atoms with Crippen molar-refractivity contribution in [2.75, 3.05) is 11.5 Å². The van der Waals surface area contributed by atoms with Crippen molar-refractivity contribution < 1.29 is 17.9 Å². The zero-order chi connectivity index (χ0) is 12.5. The maximum atomic E-state index is 11.7. The molecule has 0 bridgehead atoms. The van der Waals surface area contributed by atoms with Crippen LogP contribution in [0.2, 0.25) is 5.02 Å². The SMILES string of the molecule is O=C(O[C@H]1CCS(=O)(=O)C1)c1ccc(Cl)cc1. The molecule has 2 rings (SSSR count). The van der Waals surface area contributed by atoms with Gasteiger partial charge in [-0.15, -0.1) is 0 Å². The summed E-state index contributed by atoms with van der Waals surface area (Å²) in [5.41, 5.74) is 0.374. The van der Waals surface area contributed by atoms with Gasteiger partial charge in [0.25, 0.3) is 0 Å². The number of carbonyl (C=O) groups is 1. The molecule has 0 radical (unpaired) electrons. The van der Waals surface area contributed by atoms with Gasteiger partial charge in [-0.05, 0) is 30.7 Å². The minimum Gasteiger partial charge on any atom is -0.458 e. The van der Waals surface area contributed by atoms with Crippen LogP contribution in [0.3, 0.4) is 0 Å². The Labute approximate surface area is 104 Å². The largest absolute Gasteiger partial charge is 0.458 e. The van der Waals surface area contributed by atoms with Gasteiger partial charge in [-0.1, -0.05) is 11.6 Å². The Morgan fingerprint density at radius 2 is 1.94 bits per heavy atom. The molecule has 0 aliphatic carbocycles. The molecule has 1 heterocycles. The summed E-state index contributed by atoms with van der Waals surface area (Å²) in [6.07, 6.45) is -0.148. The molecule has 0 aromatic heterocycles. The zero-order valence-electron chi connectivity index (χ0n) is 8.93. The van der Waals surface area contributed by atoms with Crippen molar-refractivity contribution in [1.82, 2.24) is 0 Å². The molecule has 1 aliphatic rings. The summed E-state index contributed by atoms with van der Waals surface area (Å²) in [5.74, 6) is -0.499. The van der Waals surface area contributed by atoms with E-state index in [1.165, 1.54) is 0 Å². The number of esters is 1. The molecule has 1 saturated heterocycles. The molecule has 0 saturated carbocycles. The number of rotatable bonds is 2. The van der Waals surface area contributed by atoms with Crippen LogP contribution in [0.1, 0.15) is 16.8 Å². The van der Waals surface area contributed by atoms with E-state index in [0.29, 0.717) is 17.0 Å². The predicted molar refractivity (Wildman–Crippen MR) is 63.9 cm³/mol. The number of halogens is 1. The number of benzene rings is 1. The molecule has 1 fully saturated rings. The lowest BCUT2D eigenvalue weighted by molar-refractivity contribution is 0.0356. The highest BCUT2D eigenvalue weighted by molar-refractivity contribution is 7.91. The Bertz CT molecular complexity index is 521. The third kappa shape index (κ3) is 3.20. The van der Waals surface area contributed by atoms with E-state index in [0.717, 1.165) is 0 Å². The fraction of sp³-hybridized carbons (Fsp3) is 0.364. The van der Waals surface area contributed by atoms with E-state index in [2.05, 4.69) is 0 Å². The Hall–Kier alpha value is -1.07. The summed E-state index contributed by atoms with van der Waals surface area (Å²) in [7, 11) is -3.03. The first-order valence-electron chi connectivity index (χ1n) is 5.13. The van der Waals surface area contributed by atoms with Crippen molar-refractivity contribution in [3.05, 3.63) is 34.9 Å². The monoisotopic (exact) mass is 274 g/mol. The zero-order valence-corrected chi connectivity index (χ0v) is 10.5. The van der Waals surface area contributed by atoms with Crippen LogP contribution >= 0.6 is 11.6 Å². The standard InChI is InChI=1S/C11H11ClO4S/c12-9-3-1-8(2-4-9)11(13)16-10-5-6-17(14,15)7-10/h1-4,10H,5-7H2/t10-/m0/s1. The van der Waals surface area contributed by atoms with Crippen LogP contribution in [0, 0.1) is 0 Å². The molecule has 0 unspecified atom stereocenters. The maximum Gasteiger partial charge on any atom is 0.338 e. The lowest BCUT2D eigenvalue weighted by Gasteiger charge is -2.09. The van der Waals surface area contributed by atoms with E-state index in [9.17, 15) is 13.2 Å². The molecule has 0 N–H and O–H groups in total. The summed E-state index contributed by atoms with van der Waals surface area (Å²) in [4.78, 5) is 11.7. The maximum absolute atomic E-state index is 11.7. The van der Waals surface area contributed by atoms with Gasteiger partial charge in [0.15, 0.2) is 9.84 Å². The summed E-state index contributed by atoms with van der Waals surface area (Å²) in [6.45, 7) is 0. The second-order valence-corrected chi connectivity index (χ2v) is 6.60. The highest BCUT2D eigenvalue weighted by atomic mass is 35.5. The molecule has 1 aliphatic heterocycles. The van der Waals surface area contributed by atoms with Crippen molar-refractivity contribution in [1.29, 1.82) is 0 Å². The quantitative estimate of drug-likeness (QED) is 0.770. The number of sulfone groups is 1. The summed E-state index contributed by atoms with van der Waals surface area (Å²) in [6, 6.07) is 6.27. The van der Waals surface area contributed by atoms with Crippen LogP contribution in [0.15, 0.2) is 24.3 Å². The van der Waals surface area contributed by atoms with Crippen molar-refractivity contribution in [2.45, 2.75) is 12.5 Å². The average molecular weight is 275 g/mol. The lowest BCUT2D eigenvalue weighted by Crippen LogP contribution is -2.19. The van der Waals surface area contributed by atoms with Crippen LogP contribution in [-0.2, 0) is 14.6 Å². The second kappa shape index (κ2) is 4.66. The van der Waals surface area contributed by atoms with Gasteiger partial charge in [-0.3, -0.25) is 0 Å². The average Bonchev–Trinajstić information content (AvgIpc) is 2.59. The molecule has 0 amide bonds. The summed E-state index contributed by atoms with van der Waals surface area (Å²) in [5, 5.41) is 0.532. The van der Waals surface area contributed by atoms with E-state index in [4.69, 9.17) is 16.3 Å². The Morgan fingerprint density at radius 1 is 1.29 bits per heavy atom. The Kier molecular flexibility index (Phi) is 3.40. The van der Waals surface area contributed by atoms with Crippen LogP contribution in [0.5, 0.6) is 0 Å². The fourth-order valence-electron chi connectivity index (χ4n) is 1.66. The van der Waals surface area contributed by atoms with Crippen molar-refractivity contribution in [3.8, 4) is 0 Å². The molecular formula is C11H11ClO4S. The highest BCUT2D eigenvalue weighted by Crippen LogP contribution is 2.17. The van der Waals surface area contributed by atoms with Gasteiger partial charge >= 0.3 is 5.97 Å². The number of ether oxygens (including phenoxy) is 1. The van der Waals surface area contributed by atoms with Crippen LogP contribution in [0.4, 0.5) is 0 Å². The second-order valence-electron chi connectivity index (χ2n) is 3.94. The number of hydrogen-bond donors (Lipinski definition) is 0. The molecule has 17 heavy (non-hydrogen) atoms. The third-order valence-corrected chi connectivity index (χ3v) is 4.53. The third-order valence-electron chi connectivity index (χ3n) is 2.54. The van der Waals surface area contributed by atoms with Gasteiger partial charge in [0.1, 0.15) is 6.10 Å². The fourth-order valence-corrected chi connectivity index (χ4v) is 3.38. The van der Waals surface area contributed by atoms with Crippen molar-refractivity contribution >= 4 is 27.4 Å². The molecular weight excluding hydrogens is 264 g/mol. The van der Waals surface area contributed by atoms with E-state index in [1.807, 2.05) is 0 Å². The first-order valence-corrected chi connectivity index (χ1v) is 7.33. The normalized spacial score (nSPS) is 22.3. The molecule has 1 atom stereocenters. The summed E-state index contributed by atoms with van der Waals surface area (Å²) < 4.78 is 27.5. The molecule has 92 valence electrons. The predicted octanol–water partition coefficient (Wildman–Crippen LogP) is 1.68. The Morgan fingerprint density at radius 3 is 2.47 bits per heavy atom. The van der Waals surface area contributed by atoms with E-state index < -0.39 is 21.9 Å². The smallest absolute Gasteiger partial charge is 0.338 e. The van der Waals surface area contributed by atoms with Crippen molar-refractivity contribution in [2.24, 2.45) is 0 Å². The van der Waals surface area contributed by atoms with E-state index in [-0.39, 0.29) is 11.5 Å². The van der Waals surface area contributed by atoms with E-state index >= 15 is 0 Å². The molecule has 6 heteroatoms. The van der Waals surface area contributed by atoms with E-state index in [1.54, 1.807) is 24.3 Å². The van der Waals surface area contributed by atoms with Crippen LogP contribution in [-0.4, -0.2) is 32.0 Å². The van der Waals surface area contributed by atoms with Gasteiger partial charge in [0.2, 0.25) is 0 Å². The molecule has 4 nitrogen and oxygen atoms in total. The number of carbonyl (C=O) groups excluding carboxylic acids is 1. The van der Waals surface area contributed by atoms with Crippen molar-refractivity contribution in [3.63, 3.8) is 0 Å². The van der Waals surface area contributed by atoms with Gasteiger partial charge in [-0.2, -0.15) is 0 Å². The van der Waals surface area contributed by atoms with Gasteiger partial charge < -0.3 is 4.74 Å². The molecule has 1 aromatic rings. The minimum absolute atomic E-state index is 0.0771. The first-order chi connectivity index (χ1) is 7.96. The first kappa shape index (κ1) is 12.4. The molecule has 0 spiro atoms. The highest BCUT2D eigenvalue weighted by Gasteiger charge is 2.30. The van der Waals surface area contributed by atoms with Gasteiger partial charge in [0.05, 0.1) is 17.1 Å². The van der Waals surface area contributed by atoms with Gasteiger partial charge in [-0.25, -0.2) is 13.2 Å². The Balaban J connectivity index is 2.01. The summed E-state index contributed by atoms with van der Waals surface area (Å²) >= 11 is 5.69. The number of hydrogen-bond acceptors (Lipinski definition) is 4. The lowest BCUT2D eigenvalue weighted by atomic mass is 10.2. The van der Waals surface area contributed by atoms with Crippen LogP contribution in [0.25, 0.3) is 0 Å². The van der Waals surface area contributed by atoms with Crippen LogP contribution < -0.4 is 0 Å².